The number of methoxy groups -OCH3 is 1. The van der Waals surface area contributed by atoms with Crippen LogP contribution in [0.5, 0.6) is 0 Å². The summed E-state index contributed by atoms with van der Waals surface area (Å²) >= 11 is 0. The average Bonchev–Trinajstić information content (AvgIpc) is 3.52. The van der Waals surface area contributed by atoms with Gasteiger partial charge in [-0.05, 0) is 37.0 Å². The van der Waals surface area contributed by atoms with Crippen LogP contribution in [0.15, 0.2) is 83.8 Å². The fraction of sp³-hybridized carbons (Fsp3) is 0.222. The first-order chi connectivity index (χ1) is 16.2. The van der Waals surface area contributed by atoms with Crippen LogP contribution in [0.3, 0.4) is 0 Å². The number of aromatic nitrogens is 2. The van der Waals surface area contributed by atoms with Crippen LogP contribution >= 0.6 is 0 Å². The quantitative estimate of drug-likeness (QED) is 0.458. The van der Waals surface area contributed by atoms with Crippen molar-refractivity contribution in [3.63, 3.8) is 0 Å². The molecule has 6 nitrogen and oxygen atoms in total. The lowest BCUT2D eigenvalue weighted by Gasteiger charge is -2.39. The smallest absolute Gasteiger partial charge is 0.205 e. The topological polar surface area (TPSA) is 69.5 Å². The molecule has 0 amide bonds. The number of imidazole rings is 1. The molecule has 0 spiro atoms. The molecule has 1 saturated carbocycles. The van der Waals surface area contributed by atoms with Crippen molar-refractivity contribution in [2.75, 3.05) is 12.0 Å². The fourth-order valence-corrected chi connectivity index (χ4v) is 4.84. The van der Waals surface area contributed by atoms with Crippen LogP contribution < -0.4 is 10.6 Å². The van der Waals surface area contributed by atoms with E-state index < -0.39 is 0 Å². The Bertz CT molecular complexity index is 1300. The summed E-state index contributed by atoms with van der Waals surface area (Å²) in [6.45, 7) is 0.592. The van der Waals surface area contributed by atoms with Gasteiger partial charge in [0, 0.05) is 35.2 Å². The fourth-order valence-electron chi connectivity index (χ4n) is 4.84. The van der Waals surface area contributed by atoms with Crippen molar-refractivity contribution < 1.29 is 9.15 Å². The zero-order valence-corrected chi connectivity index (χ0v) is 18.6. The SMILES string of the molecule is COC1=C(c2ccccc2)N(c2ccc(C3(N)CCC3)cc2)Cc2oc(-n3ccnc3)cc21. The van der Waals surface area contributed by atoms with Crippen molar-refractivity contribution >= 4 is 17.1 Å². The number of rotatable bonds is 5. The molecule has 0 bridgehead atoms. The highest BCUT2D eigenvalue weighted by Gasteiger charge is 2.35. The van der Waals surface area contributed by atoms with Gasteiger partial charge >= 0.3 is 0 Å². The van der Waals surface area contributed by atoms with Crippen molar-refractivity contribution in [3.8, 4) is 5.88 Å². The van der Waals surface area contributed by atoms with E-state index in [1.165, 1.54) is 12.0 Å². The second-order valence-electron chi connectivity index (χ2n) is 8.78. The van der Waals surface area contributed by atoms with Gasteiger partial charge in [-0.15, -0.1) is 0 Å². The van der Waals surface area contributed by atoms with Gasteiger partial charge in [-0.2, -0.15) is 0 Å². The number of benzene rings is 2. The first kappa shape index (κ1) is 19.9. The van der Waals surface area contributed by atoms with Gasteiger partial charge < -0.3 is 19.8 Å². The number of anilines is 1. The van der Waals surface area contributed by atoms with Gasteiger partial charge in [0.15, 0.2) is 5.76 Å². The molecule has 33 heavy (non-hydrogen) atoms. The van der Waals surface area contributed by atoms with Crippen LogP contribution in [0, 0.1) is 0 Å². The lowest BCUT2D eigenvalue weighted by molar-refractivity contribution is 0.253. The Balaban J connectivity index is 1.48. The zero-order chi connectivity index (χ0) is 22.4. The Labute approximate surface area is 192 Å². The monoisotopic (exact) mass is 438 g/mol. The maximum atomic E-state index is 6.56. The number of nitrogens with two attached hydrogens (primary N) is 1. The van der Waals surface area contributed by atoms with E-state index in [1.54, 1.807) is 19.6 Å². The van der Waals surface area contributed by atoms with Crippen LogP contribution in [0.1, 0.15) is 41.7 Å². The molecule has 2 aromatic heterocycles. The summed E-state index contributed by atoms with van der Waals surface area (Å²) in [4.78, 5) is 6.40. The Morgan fingerprint density at radius 1 is 1.06 bits per heavy atom. The predicted molar refractivity (Wildman–Crippen MR) is 128 cm³/mol. The Kier molecular flexibility index (Phi) is 4.62. The molecule has 6 heteroatoms. The van der Waals surface area contributed by atoms with Crippen LogP contribution in [0.25, 0.3) is 17.3 Å². The van der Waals surface area contributed by atoms with Crippen molar-refractivity contribution in [2.45, 2.75) is 31.3 Å². The van der Waals surface area contributed by atoms with Gasteiger partial charge in [0.25, 0.3) is 0 Å². The van der Waals surface area contributed by atoms with E-state index in [0.29, 0.717) is 12.4 Å². The van der Waals surface area contributed by atoms with Gasteiger partial charge in [-0.1, -0.05) is 42.5 Å². The third kappa shape index (κ3) is 3.26. The minimum Gasteiger partial charge on any atom is -0.494 e. The minimum atomic E-state index is -0.176. The molecule has 2 N–H and O–H groups in total. The standard InChI is InChI=1S/C27H26N4O2/c1-32-26-22-16-24(30-15-14-29-18-30)33-23(22)17-31(25(26)19-6-3-2-4-7-19)21-10-8-20(9-11-21)27(28)12-5-13-27/h2-4,6-11,14-16,18H,5,12-13,17,28H2,1H3. The van der Waals surface area contributed by atoms with Gasteiger partial charge in [-0.3, -0.25) is 4.57 Å². The minimum absolute atomic E-state index is 0.176. The molecular weight excluding hydrogens is 412 g/mol. The number of hydrogen-bond donors (Lipinski definition) is 1. The van der Waals surface area contributed by atoms with Crippen LogP contribution in [-0.2, 0) is 16.8 Å². The maximum Gasteiger partial charge on any atom is 0.205 e. The molecular formula is C27H26N4O2. The summed E-state index contributed by atoms with van der Waals surface area (Å²) in [5.74, 6) is 2.36. The Morgan fingerprint density at radius 3 is 2.48 bits per heavy atom. The molecule has 0 saturated heterocycles. The molecule has 6 rings (SSSR count). The van der Waals surface area contributed by atoms with Gasteiger partial charge in [0.2, 0.25) is 5.88 Å². The second-order valence-corrected chi connectivity index (χ2v) is 8.78. The average molecular weight is 439 g/mol. The van der Waals surface area contributed by atoms with Crippen molar-refractivity contribution in [1.29, 1.82) is 0 Å². The van der Waals surface area contributed by atoms with Crippen LogP contribution in [0.2, 0.25) is 0 Å². The predicted octanol–water partition coefficient (Wildman–Crippen LogP) is 5.30. The highest BCUT2D eigenvalue weighted by atomic mass is 16.5. The van der Waals surface area contributed by atoms with Crippen LogP contribution in [-0.4, -0.2) is 16.7 Å². The second kappa shape index (κ2) is 7.67. The summed E-state index contributed by atoms with van der Waals surface area (Å²) < 4.78 is 14.1. The highest BCUT2D eigenvalue weighted by molar-refractivity contribution is 5.97. The van der Waals surface area contributed by atoms with E-state index in [0.717, 1.165) is 46.9 Å². The lowest BCUT2D eigenvalue weighted by atomic mass is 9.73. The summed E-state index contributed by atoms with van der Waals surface area (Å²) in [6, 6.07) is 21.0. The molecule has 166 valence electrons. The van der Waals surface area contributed by atoms with E-state index in [4.69, 9.17) is 14.9 Å². The maximum absolute atomic E-state index is 6.56. The van der Waals surface area contributed by atoms with Gasteiger partial charge in [-0.25, -0.2) is 4.98 Å². The first-order valence-corrected chi connectivity index (χ1v) is 11.3. The molecule has 2 aliphatic rings. The molecule has 1 aliphatic heterocycles. The largest absolute Gasteiger partial charge is 0.494 e. The molecule has 0 unspecified atom stereocenters. The normalized spacial score (nSPS) is 17.0. The van der Waals surface area contributed by atoms with Gasteiger partial charge in [0.1, 0.15) is 12.1 Å². The van der Waals surface area contributed by atoms with E-state index >= 15 is 0 Å². The van der Waals surface area contributed by atoms with Crippen molar-refractivity contribution in [3.05, 3.63) is 102 Å². The Morgan fingerprint density at radius 2 is 1.85 bits per heavy atom. The third-order valence-corrected chi connectivity index (χ3v) is 6.84. The molecule has 1 fully saturated rings. The van der Waals surface area contributed by atoms with Crippen LogP contribution in [0.4, 0.5) is 5.69 Å². The van der Waals surface area contributed by atoms with E-state index in [9.17, 15) is 0 Å². The summed E-state index contributed by atoms with van der Waals surface area (Å²) in [5, 5.41) is 0. The molecule has 4 aromatic rings. The molecule has 3 heterocycles. The Hall–Kier alpha value is -3.77. The van der Waals surface area contributed by atoms with Gasteiger partial charge in [0.05, 0.1) is 24.9 Å². The summed E-state index contributed by atoms with van der Waals surface area (Å²) in [6.07, 6.45) is 8.64. The molecule has 0 radical (unpaired) electrons. The number of ether oxygens (including phenoxy) is 1. The molecule has 2 aromatic carbocycles. The highest BCUT2D eigenvalue weighted by Crippen LogP contribution is 2.43. The first-order valence-electron chi connectivity index (χ1n) is 11.3. The van der Waals surface area contributed by atoms with E-state index in [1.807, 2.05) is 35.0 Å². The zero-order valence-electron chi connectivity index (χ0n) is 18.6. The summed E-state index contributed by atoms with van der Waals surface area (Å²) in [7, 11) is 1.72. The number of hydrogen-bond acceptors (Lipinski definition) is 5. The number of fused-ring (bicyclic) bond motifs is 1. The number of nitrogens with zero attached hydrogens (tertiary/aromatic N) is 3. The van der Waals surface area contributed by atoms with Crippen molar-refractivity contribution in [1.82, 2.24) is 9.55 Å². The van der Waals surface area contributed by atoms with E-state index in [-0.39, 0.29) is 5.54 Å². The number of furan rings is 1. The molecule has 0 atom stereocenters. The lowest BCUT2D eigenvalue weighted by Crippen LogP contribution is -2.43. The van der Waals surface area contributed by atoms with E-state index in [2.05, 4.69) is 46.3 Å². The van der Waals surface area contributed by atoms with Crippen molar-refractivity contribution in [2.24, 2.45) is 5.73 Å². The third-order valence-electron chi connectivity index (χ3n) is 6.84. The summed E-state index contributed by atoms with van der Waals surface area (Å²) in [5.41, 5.74) is 11.7. The molecule has 1 aliphatic carbocycles.